The second kappa shape index (κ2) is 7.40. The van der Waals surface area contributed by atoms with Crippen LogP contribution in [0.15, 0.2) is 0 Å². The number of methoxy groups -OCH3 is 1. The summed E-state index contributed by atoms with van der Waals surface area (Å²) in [6.07, 6.45) is -0.357. The van der Waals surface area contributed by atoms with Crippen molar-refractivity contribution in [2.45, 2.75) is 31.2 Å². The van der Waals surface area contributed by atoms with Crippen LogP contribution in [0.3, 0.4) is 0 Å². The van der Waals surface area contributed by atoms with E-state index in [0.29, 0.717) is 19.4 Å². The van der Waals surface area contributed by atoms with Crippen molar-refractivity contribution in [1.29, 1.82) is 0 Å². The number of aliphatic hydroxyl groups is 1. The van der Waals surface area contributed by atoms with Crippen molar-refractivity contribution >= 4 is 23.6 Å². The van der Waals surface area contributed by atoms with Crippen LogP contribution in [0.1, 0.15) is 12.8 Å². The summed E-state index contributed by atoms with van der Waals surface area (Å²) in [7, 11) is 1.54. The second-order valence-corrected chi connectivity index (χ2v) is 5.56. The quantitative estimate of drug-likeness (QED) is 0.557. The molecule has 0 aromatic carbocycles. The maximum Gasteiger partial charge on any atom is 0.414 e. The van der Waals surface area contributed by atoms with Crippen molar-refractivity contribution in [3.63, 3.8) is 0 Å². The lowest BCUT2D eigenvalue weighted by atomic mass is 9.74. The van der Waals surface area contributed by atoms with Crippen LogP contribution >= 0.6 is 11.6 Å². The molecule has 0 radical (unpaired) electrons. The standard InChI is InChI=1S/C13H20ClNO6/c1-19-12-8(21-13(18)15-10(17)4-14)3-2-7(5-16)11(12)9-6-20-9/h7-9,11-12,16H,2-6H2,1H3,(H,15,17,18). The topological polar surface area (TPSA) is 97.4 Å². The zero-order chi connectivity index (χ0) is 15.4. The van der Waals surface area contributed by atoms with Gasteiger partial charge in [0.25, 0.3) is 0 Å². The molecule has 5 atom stereocenters. The van der Waals surface area contributed by atoms with Crippen molar-refractivity contribution in [2.24, 2.45) is 11.8 Å². The summed E-state index contributed by atoms with van der Waals surface area (Å²) < 4.78 is 16.1. The van der Waals surface area contributed by atoms with Gasteiger partial charge in [0.15, 0.2) is 0 Å². The van der Waals surface area contributed by atoms with Crippen molar-refractivity contribution in [3.05, 3.63) is 0 Å². The summed E-state index contributed by atoms with van der Waals surface area (Å²) in [5.74, 6) is -0.870. The van der Waals surface area contributed by atoms with Crippen LogP contribution in [-0.2, 0) is 19.0 Å². The first-order valence-electron chi connectivity index (χ1n) is 6.92. The fraction of sp³-hybridized carbons (Fsp3) is 0.846. The highest BCUT2D eigenvalue weighted by atomic mass is 35.5. The molecule has 0 spiro atoms. The molecule has 120 valence electrons. The third-order valence-electron chi connectivity index (χ3n) is 4.03. The monoisotopic (exact) mass is 321 g/mol. The number of nitrogens with one attached hydrogen (secondary N) is 1. The number of rotatable bonds is 5. The highest BCUT2D eigenvalue weighted by Gasteiger charge is 2.49. The van der Waals surface area contributed by atoms with E-state index in [0.717, 1.165) is 0 Å². The van der Waals surface area contributed by atoms with Gasteiger partial charge in [-0.3, -0.25) is 10.1 Å². The summed E-state index contributed by atoms with van der Waals surface area (Å²) in [6, 6.07) is 0. The molecular formula is C13H20ClNO6. The average molecular weight is 322 g/mol. The van der Waals surface area contributed by atoms with Crippen LogP contribution in [-0.4, -0.2) is 61.6 Å². The molecule has 2 aliphatic rings. The Labute approximate surface area is 127 Å². The molecule has 21 heavy (non-hydrogen) atoms. The number of imide groups is 1. The Morgan fingerprint density at radius 1 is 1.43 bits per heavy atom. The molecule has 1 saturated carbocycles. The van der Waals surface area contributed by atoms with Crippen LogP contribution in [0.25, 0.3) is 0 Å². The maximum absolute atomic E-state index is 11.6. The van der Waals surface area contributed by atoms with E-state index in [2.05, 4.69) is 0 Å². The lowest BCUT2D eigenvalue weighted by Crippen LogP contribution is -2.50. The van der Waals surface area contributed by atoms with Crippen LogP contribution in [0.4, 0.5) is 4.79 Å². The number of hydrogen-bond donors (Lipinski definition) is 2. The van der Waals surface area contributed by atoms with Crippen LogP contribution in [0.2, 0.25) is 0 Å². The molecule has 2 amide bonds. The molecule has 1 aliphatic carbocycles. The number of amides is 2. The molecule has 1 heterocycles. The van der Waals surface area contributed by atoms with Gasteiger partial charge < -0.3 is 19.3 Å². The number of carbonyl (C=O) groups is 2. The first kappa shape index (κ1) is 16.5. The highest BCUT2D eigenvalue weighted by Crippen LogP contribution is 2.40. The van der Waals surface area contributed by atoms with Crippen LogP contribution in [0.5, 0.6) is 0 Å². The number of carbonyl (C=O) groups excluding carboxylic acids is 2. The molecule has 0 bridgehead atoms. The van der Waals surface area contributed by atoms with E-state index in [1.54, 1.807) is 0 Å². The van der Waals surface area contributed by atoms with E-state index in [4.69, 9.17) is 25.8 Å². The van der Waals surface area contributed by atoms with E-state index in [9.17, 15) is 14.7 Å². The van der Waals surface area contributed by atoms with Gasteiger partial charge in [0, 0.05) is 19.6 Å². The van der Waals surface area contributed by atoms with Crippen LogP contribution < -0.4 is 5.32 Å². The number of ether oxygens (including phenoxy) is 3. The van der Waals surface area contributed by atoms with E-state index < -0.39 is 18.1 Å². The maximum atomic E-state index is 11.6. The minimum absolute atomic E-state index is 0.0183. The predicted octanol–water partition coefficient (Wildman–Crippen LogP) is 0.279. The fourth-order valence-electron chi connectivity index (χ4n) is 3.01. The summed E-state index contributed by atoms with van der Waals surface area (Å²) >= 11 is 5.32. The molecular weight excluding hydrogens is 302 g/mol. The molecule has 2 N–H and O–H groups in total. The Bertz CT molecular complexity index is 389. The van der Waals surface area contributed by atoms with Crippen molar-refractivity contribution in [2.75, 3.05) is 26.2 Å². The van der Waals surface area contributed by atoms with Gasteiger partial charge in [-0.25, -0.2) is 4.79 Å². The average Bonchev–Trinajstić information content (AvgIpc) is 3.30. The summed E-state index contributed by atoms with van der Waals surface area (Å²) in [5, 5.41) is 11.5. The number of alkyl halides is 1. The Balaban J connectivity index is 1.98. The molecule has 1 aliphatic heterocycles. The molecule has 1 saturated heterocycles. The minimum Gasteiger partial charge on any atom is -0.443 e. The third kappa shape index (κ3) is 4.06. The van der Waals surface area contributed by atoms with E-state index in [-0.39, 0.29) is 36.5 Å². The summed E-state index contributed by atoms with van der Waals surface area (Å²) in [5.41, 5.74) is 0. The number of alkyl carbamates (subject to hydrolysis) is 1. The Kier molecular flexibility index (Phi) is 5.80. The molecule has 5 unspecified atom stereocenters. The Hall–Kier alpha value is -0.890. The largest absolute Gasteiger partial charge is 0.443 e. The SMILES string of the molecule is COC1C(OC(=O)NC(=O)CCl)CCC(CO)C1C1CO1. The first-order valence-corrected chi connectivity index (χ1v) is 7.45. The van der Waals surface area contributed by atoms with Gasteiger partial charge in [0.05, 0.1) is 18.8 Å². The van der Waals surface area contributed by atoms with Gasteiger partial charge in [-0.05, 0) is 18.8 Å². The lowest BCUT2D eigenvalue weighted by Gasteiger charge is -2.40. The Morgan fingerprint density at radius 2 is 2.14 bits per heavy atom. The highest BCUT2D eigenvalue weighted by molar-refractivity contribution is 6.28. The van der Waals surface area contributed by atoms with Gasteiger partial charge in [-0.2, -0.15) is 0 Å². The smallest absolute Gasteiger partial charge is 0.414 e. The summed E-state index contributed by atoms with van der Waals surface area (Å²) in [4.78, 5) is 22.7. The summed E-state index contributed by atoms with van der Waals surface area (Å²) in [6.45, 7) is 0.679. The Morgan fingerprint density at radius 3 is 2.67 bits per heavy atom. The van der Waals surface area contributed by atoms with Gasteiger partial charge in [0.2, 0.25) is 5.91 Å². The van der Waals surface area contributed by atoms with Crippen molar-refractivity contribution in [1.82, 2.24) is 5.32 Å². The van der Waals surface area contributed by atoms with Crippen molar-refractivity contribution in [3.8, 4) is 0 Å². The number of aliphatic hydroxyl groups excluding tert-OH is 1. The normalized spacial score (nSPS) is 35.1. The number of hydrogen-bond acceptors (Lipinski definition) is 6. The zero-order valence-electron chi connectivity index (χ0n) is 11.8. The minimum atomic E-state index is -0.828. The molecule has 0 aromatic rings. The fourth-order valence-corrected chi connectivity index (χ4v) is 3.07. The molecule has 2 rings (SSSR count). The zero-order valence-corrected chi connectivity index (χ0v) is 12.5. The van der Waals surface area contributed by atoms with Crippen LogP contribution in [0, 0.1) is 11.8 Å². The van der Waals surface area contributed by atoms with E-state index >= 15 is 0 Å². The van der Waals surface area contributed by atoms with Crippen molar-refractivity contribution < 1.29 is 28.9 Å². The van der Waals surface area contributed by atoms with Gasteiger partial charge in [0.1, 0.15) is 12.0 Å². The van der Waals surface area contributed by atoms with E-state index in [1.165, 1.54) is 7.11 Å². The first-order chi connectivity index (χ1) is 10.1. The predicted molar refractivity (Wildman–Crippen MR) is 73.0 cm³/mol. The van der Waals surface area contributed by atoms with Gasteiger partial charge in [-0.1, -0.05) is 0 Å². The van der Waals surface area contributed by atoms with Gasteiger partial charge >= 0.3 is 6.09 Å². The third-order valence-corrected chi connectivity index (χ3v) is 4.27. The van der Waals surface area contributed by atoms with Gasteiger partial charge in [-0.15, -0.1) is 11.6 Å². The molecule has 0 aromatic heterocycles. The lowest BCUT2D eigenvalue weighted by molar-refractivity contribution is -0.120. The second-order valence-electron chi connectivity index (χ2n) is 5.30. The molecule has 2 fully saturated rings. The molecule has 8 heteroatoms. The number of epoxide rings is 1. The van der Waals surface area contributed by atoms with E-state index in [1.807, 2.05) is 5.32 Å². The molecule has 7 nitrogen and oxygen atoms in total. The number of halogens is 1.